The number of aromatic nitrogens is 2. The van der Waals surface area contributed by atoms with Crippen molar-refractivity contribution in [2.75, 3.05) is 0 Å². The third-order valence-electron chi connectivity index (χ3n) is 2.57. The zero-order valence-electron chi connectivity index (χ0n) is 9.02. The molecular formula is C11H10F2N2O2. The summed E-state index contributed by atoms with van der Waals surface area (Å²) >= 11 is 0. The number of hydrogen-bond acceptors (Lipinski definition) is 2. The molecule has 0 aliphatic carbocycles. The highest BCUT2D eigenvalue weighted by Crippen LogP contribution is 2.25. The summed E-state index contributed by atoms with van der Waals surface area (Å²) in [5.41, 5.74) is 0.791. The van der Waals surface area contributed by atoms with Crippen LogP contribution in [0.5, 0.6) is 0 Å². The van der Waals surface area contributed by atoms with Gasteiger partial charge in [-0.05, 0) is 6.07 Å². The Morgan fingerprint density at radius 1 is 1.47 bits per heavy atom. The number of nitrogens with zero attached hydrogens (tertiary/aromatic N) is 2. The lowest BCUT2D eigenvalue weighted by Crippen LogP contribution is -2.31. The number of hydrogen-bond donors (Lipinski definition) is 1. The minimum absolute atomic E-state index is 0.216. The number of aryl methyl sites for hydroxylation is 1. The van der Waals surface area contributed by atoms with Crippen molar-refractivity contribution in [2.45, 2.75) is 12.3 Å². The average molecular weight is 240 g/mol. The summed E-state index contributed by atoms with van der Waals surface area (Å²) < 4.78 is 27.6. The standard InChI is InChI=1S/C11H10F2N2O2/c1-15-9(6-11(12,13)10(16)17)7-4-2-3-5-8(7)14-15/h2-5H,6H2,1H3,(H,16,17). The number of rotatable bonds is 3. The molecule has 2 aromatic rings. The second-order valence-corrected chi connectivity index (χ2v) is 3.77. The quantitative estimate of drug-likeness (QED) is 0.890. The molecule has 0 aliphatic rings. The first-order chi connectivity index (χ1) is 7.92. The first kappa shape index (κ1) is 11.5. The molecule has 1 heterocycles. The summed E-state index contributed by atoms with van der Waals surface area (Å²) in [6.07, 6.45) is -0.862. The van der Waals surface area contributed by atoms with E-state index in [0.29, 0.717) is 10.9 Å². The molecule has 0 amide bonds. The van der Waals surface area contributed by atoms with Crippen LogP contribution < -0.4 is 0 Å². The van der Waals surface area contributed by atoms with Crippen molar-refractivity contribution in [3.63, 3.8) is 0 Å². The summed E-state index contributed by atoms with van der Waals surface area (Å²) in [6, 6.07) is 6.79. The van der Waals surface area contributed by atoms with Crippen LogP contribution in [-0.4, -0.2) is 26.8 Å². The van der Waals surface area contributed by atoms with Crippen LogP contribution in [0.3, 0.4) is 0 Å². The van der Waals surface area contributed by atoms with E-state index < -0.39 is 18.3 Å². The molecule has 90 valence electrons. The van der Waals surface area contributed by atoms with Gasteiger partial charge in [-0.1, -0.05) is 18.2 Å². The zero-order chi connectivity index (χ0) is 12.6. The second-order valence-electron chi connectivity index (χ2n) is 3.77. The first-order valence-electron chi connectivity index (χ1n) is 4.93. The fourth-order valence-electron chi connectivity index (χ4n) is 1.70. The van der Waals surface area contributed by atoms with Gasteiger partial charge in [0, 0.05) is 12.4 Å². The molecule has 0 fully saturated rings. The molecule has 0 aliphatic heterocycles. The maximum absolute atomic E-state index is 13.2. The maximum Gasteiger partial charge on any atom is 0.374 e. The van der Waals surface area contributed by atoms with E-state index in [1.165, 1.54) is 11.7 Å². The van der Waals surface area contributed by atoms with Crippen molar-refractivity contribution in [1.82, 2.24) is 9.78 Å². The highest BCUT2D eigenvalue weighted by Gasteiger charge is 2.40. The highest BCUT2D eigenvalue weighted by atomic mass is 19.3. The predicted molar refractivity (Wildman–Crippen MR) is 57.0 cm³/mol. The molecule has 0 spiro atoms. The van der Waals surface area contributed by atoms with Gasteiger partial charge in [0.05, 0.1) is 17.6 Å². The second kappa shape index (κ2) is 3.80. The molecule has 0 bridgehead atoms. The van der Waals surface area contributed by atoms with E-state index in [9.17, 15) is 13.6 Å². The van der Waals surface area contributed by atoms with E-state index in [0.717, 1.165) is 0 Å². The van der Waals surface area contributed by atoms with Gasteiger partial charge in [-0.15, -0.1) is 0 Å². The van der Waals surface area contributed by atoms with Gasteiger partial charge in [0.15, 0.2) is 0 Å². The van der Waals surface area contributed by atoms with Gasteiger partial charge in [0.1, 0.15) is 0 Å². The highest BCUT2D eigenvalue weighted by molar-refractivity contribution is 5.83. The number of carboxylic acids is 1. The molecule has 0 radical (unpaired) electrons. The van der Waals surface area contributed by atoms with Crippen molar-refractivity contribution in [1.29, 1.82) is 0 Å². The lowest BCUT2D eigenvalue weighted by molar-refractivity contribution is -0.164. The Labute approximate surface area is 95.5 Å². The summed E-state index contributed by atoms with van der Waals surface area (Å²) in [4.78, 5) is 10.4. The van der Waals surface area contributed by atoms with E-state index in [4.69, 9.17) is 5.11 Å². The summed E-state index contributed by atoms with van der Waals surface area (Å²) in [6.45, 7) is 0. The van der Waals surface area contributed by atoms with Gasteiger partial charge in [-0.25, -0.2) is 4.79 Å². The van der Waals surface area contributed by atoms with Crippen LogP contribution in [0.4, 0.5) is 8.78 Å². The molecule has 4 nitrogen and oxygen atoms in total. The third-order valence-corrected chi connectivity index (χ3v) is 2.57. The molecule has 0 saturated carbocycles. The number of alkyl halides is 2. The van der Waals surface area contributed by atoms with Crippen LogP contribution in [0, 0.1) is 0 Å². The van der Waals surface area contributed by atoms with Crippen molar-refractivity contribution in [2.24, 2.45) is 7.05 Å². The molecule has 1 N–H and O–H groups in total. The van der Waals surface area contributed by atoms with Crippen molar-refractivity contribution in [3.05, 3.63) is 30.0 Å². The monoisotopic (exact) mass is 240 g/mol. The van der Waals surface area contributed by atoms with E-state index in [-0.39, 0.29) is 5.69 Å². The van der Waals surface area contributed by atoms with Gasteiger partial charge in [-0.2, -0.15) is 13.9 Å². The summed E-state index contributed by atoms with van der Waals surface area (Å²) in [7, 11) is 1.52. The smallest absolute Gasteiger partial charge is 0.374 e. The summed E-state index contributed by atoms with van der Waals surface area (Å²) in [5.74, 6) is -5.90. The van der Waals surface area contributed by atoms with Gasteiger partial charge in [-0.3, -0.25) is 4.68 Å². The number of carboxylic acid groups (broad SMARTS) is 1. The number of carbonyl (C=O) groups is 1. The Morgan fingerprint density at radius 2 is 2.12 bits per heavy atom. The normalized spacial score (nSPS) is 11.9. The van der Waals surface area contributed by atoms with E-state index in [1.54, 1.807) is 24.3 Å². The SMILES string of the molecule is Cn1nc2ccccc2c1CC(F)(F)C(=O)O. The predicted octanol–water partition coefficient (Wildman–Crippen LogP) is 1.84. The number of halogens is 2. The van der Waals surface area contributed by atoms with Crippen molar-refractivity contribution in [3.8, 4) is 0 Å². The number of fused-ring (bicyclic) bond motifs is 1. The molecule has 1 aromatic heterocycles. The Hall–Kier alpha value is -1.98. The Bertz CT molecular complexity index is 578. The Kier molecular flexibility index (Phi) is 2.57. The van der Waals surface area contributed by atoms with E-state index >= 15 is 0 Å². The Morgan fingerprint density at radius 3 is 2.76 bits per heavy atom. The van der Waals surface area contributed by atoms with Crippen LogP contribution in [0.25, 0.3) is 10.9 Å². The maximum atomic E-state index is 13.2. The van der Waals surface area contributed by atoms with Crippen LogP contribution in [-0.2, 0) is 18.3 Å². The molecule has 2 rings (SSSR count). The minimum atomic E-state index is -3.78. The molecule has 0 saturated heterocycles. The topological polar surface area (TPSA) is 55.1 Å². The first-order valence-corrected chi connectivity index (χ1v) is 4.93. The van der Waals surface area contributed by atoms with Gasteiger partial charge in [0.2, 0.25) is 0 Å². The lowest BCUT2D eigenvalue weighted by atomic mass is 10.1. The summed E-state index contributed by atoms with van der Waals surface area (Å²) in [5, 5.41) is 13.0. The molecular weight excluding hydrogens is 230 g/mol. The van der Waals surface area contributed by atoms with Gasteiger partial charge >= 0.3 is 11.9 Å². The van der Waals surface area contributed by atoms with Crippen molar-refractivity contribution < 1.29 is 18.7 Å². The zero-order valence-corrected chi connectivity index (χ0v) is 9.02. The van der Waals surface area contributed by atoms with Gasteiger partial charge in [0.25, 0.3) is 0 Å². The third kappa shape index (κ3) is 1.98. The van der Waals surface area contributed by atoms with Crippen molar-refractivity contribution >= 4 is 16.9 Å². The number of aliphatic carboxylic acids is 1. The lowest BCUT2D eigenvalue weighted by Gasteiger charge is -2.11. The Balaban J connectivity index is 2.49. The molecule has 0 unspecified atom stereocenters. The molecule has 6 heteroatoms. The average Bonchev–Trinajstić information content (AvgIpc) is 2.55. The molecule has 0 atom stereocenters. The van der Waals surface area contributed by atoms with Crippen LogP contribution in [0.2, 0.25) is 0 Å². The van der Waals surface area contributed by atoms with E-state index in [1.807, 2.05) is 0 Å². The van der Waals surface area contributed by atoms with Crippen LogP contribution >= 0.6 is 0 Å². The fraction of sp³-hybridized carbons (Fsp3) is 0.273. The van der Waals surface area contributed by atoms with Crippen LogP contribution in [0.15, 0.2) is 24.3 Å². The largest absolute Gasteiger partial charge is 0.477 e. The van der Waals surface area contributed by atoms with Crippen LogP contribution in [0.1, 0.15) is 5.69 Å². The minimum Gasteiger partial charge on any atom is -0.477 e. The van der Waals surface area contributed by atoms with Gasteiger partial charge < -0.3 is 5.11 Å². The van der Waals surface area contributed by atoms with E-state index in [2.05, 4.69) is 5.10 Å². The number of benzene rings is 1. The molecule has 17 heavy (non-hydrogen) atoms. The fourth-order valence-corrected chi connectivity index (χ4v) is 1.70. The molecule has 1 aromatic carbocycles.